The number of alkyl halides is 4. The molecule has 0 rings (SSSR count). The summed E-state index contributed by atoms with van der Waals surface area (Å²) in [6.45, 7) is 1.99. The fourth-order valence-corrected chi connectivity index (χ4v) is 2.25. The molecule has 1 atom stereocenters. The maximum Gasteiger partial charge on any atom is 0.389 e. The first kappa shape index (κ1) is 13.4. The first-order chi connectivity index (χ1) is 5.95. The predicted molar refractivity (Wildman–Crippen MR) is 52.5 cm³/mol. The van der Waals surface area contributed by atoms with E-state index in [9.17, 15) is 13.2 Å². The Bertz CT molecular complexity index is 127. The molecule has 0 saturated heterocycles. The van der Waals surface area contributed by atoms with Crippen LogP contribution in [0.1, 0.15) is 26.2 Å². The molecule has 0 N–H and O–H groups in total. The minimum Gasteiger partial charge on any atom is -0.171 e. The molecule has 5 heteroatoms. The number of hydrogen-bond donors (Lipinski definition) is 0. The summed E-state index contributed by atoms with van der Waals surface area (Å²) in [6, 6.07) is 0. The van der Waals surface area contributed by atoms with Crippen LogP contribution in [0.25, 0.3) is 0 Å². The smallest absolute Gasteiger partial charge is 0.171 e. The Kier molecular flexibility index (Phi) is 7.05. The van der Waals surface area contributed by atoms with E-state index >= 15 is 0 Å². The molecule has 0 aromatic rings. The van der Waals surface area contributed by atoms with Gasteiger partial charge in [-0.2, -0.15) is 24.9 Å². The first-order valence-corrected chi connectivity index (χ1v) is 5.78. The van der Waals surface area contributed by atoms with Gasteiger partial charge in [0, 0.05) is 17.6 Å². The highest BCUT2D eigenvalue weighted by atomic mass is 35.5. The average molecular weight is 235 g/mol. The predicted octanol–water partition coefficient (Wildman–Crippen LogP) is 4.08. The summed E-state index contributed by atoms with van der Waals surface area (Å²) in [5.74, 6) is 1.14. The third-order valence-corrected chi connectivity index (χ3v) is 3.07. The lowest BCUT2D eigenvalue weighted by Gasteiger charge is -2.09. The zero-order valence-corrected chi connectivity index (χ0v) is 9.11. The second-order valence-corrected chi connectivity index (χ2v) is 4.80. The van der Waals surface area contributed by atoms with Crippen LogP contribution in [-0.4, -0.2) is 23.1 Å². The second kappa shape index (κ2) is 6.82. The number of halogens is 4. The summed E-state index contributed by atoms with van der Waals surface area (Å²) >= 11 is 7.05. The molecule has 0 aromatic heterocycles. The van der Waals surface area contributed by atoms with Crippen molar-refractivity contribution in [3.63, 3.8) is 0 Å². The summed E-state index contributed by atoms with van der Waals surface area (Å²) < 4.78 is 35.1. The van der Waals surface area contributed by atoms with Crippen LogP contribution >= 0.6 is 23.4 Å². The van der Waals surface area contributed by atoms with E-state index in [1.807, 2.05) is 6.92 Å². The van der Waals surface area contributed by atoms with Crippen molar-refractivity contribution in [3.05, 3.63) is 0 Å². The number of thioether (sulfide) groups is 1. The Hall–Kier alpha value is 0.430. The highest BCUT2D eigenvalue weighted by Crippen LogP contribution is 2.24. The van der Waals surface area contributed by atoms with Gasteiger partial charge in [-0.15, -0.1) is 11.6 Å². The third kappa shape index (κ3) is 10.4. The molecule has 0 saturated carbocycles. The molecule has 1 unspecified atom stereocenters. The maximum absolute atomic E-state index is 11.7. The first-order valence-electron chi connectivity index (χ1n) is 4.20. The quantitative estimate of drug-likeness (QED) is 0.493. The van der Waals surface area contributed by atoms with E-state index in [2.05, 4.69) is 0 Å². The molecule has 0 aliphatic carbocycles. The van der Waals surface area contributed by atoms with Crippen LogP contribution in [0.15, 0.2) is 0 Å². The Morgan fingerprint density at radius 1 is 1.38 bits per heavy atom. The standard InChI is InChI=1S/C8H14ClF3S/c1-7(3-5-9)13-6-2-4-8(10,11)12/h7H,2-6H2,1H3. The highest BCUT2D eigenvalue weighted by Gasteiger charge is 2.25. The van der Waals surface area contributed by atoms with Crippen LogP contribution in [0, 0.1) is 0 Å². The van der Waals surface area contributed by atoms with Gasteiger partial charge in [0.1, 0.15) is 0 Å². The lowest BCUT2D eigenvalue weighted by molar-refractivity contribution is -0.134. The lowest BCUT2D eigenvalue weighted by atomic mass is 10.3. The van der Waals surface area contributed by atoms with Crippen molar-refractivity contribution in [1.29, 1.82) is 0 Å². The molecule has 0 aromatic carbocycles. The molecular weight excluding hydrogens is 221 g/mol. The zero-order valence-electron chi connectivity index (χ0n) is 7.53. The van der Waals surface area contributed by atoms with E-state index in [0.29, 0.717) is 16.9 Å². The van der Waals surface area contributed by atoms with Crippen molar-refractivity contribution in [3.8, 4) is 0 Å². The van der Waals surface area contributed by atoms with E-state index in [1.54, 1.807) is 11.8 Å². The van der Waals surface area contributed by atoms with Crippen LogP contribution in [0.2, 0.25) is 0 Å². The number of hydrogen-bond acceptors (Lipinski definition) is 1. The highest BCUT2D eigenvalue weighted by molar-refractivity contribution is 7.99. The van der Waals surface area contributed by atoms with Gasteiger partial charge in [-0.25, -0.2) is 0 Å². The molecule has 0 nitrogen and oxygen atoms in total. The normalized spacial score (nSPS) is 14.5. The fourth-order valence-electron chi connectivity index (χ4n) is 0.794. The van der Waals surface area contributed by atoms with Crippen LogP contribution in [0.4, 0.5) is 13.2 Å². The molecule has 0 spiro atoms. The largest absolute Gasteiger partial charge is 0.389 e. The van der Waals surface area contributed by atoms with Gasteiger partial charge in [-0.1, -0.05) is 6.92 Å². The molecule has 0 amide bonds. The summed E-state index contributed by atoms with van der Waals surface area (Å²) in [5, 5.41) is 0.366. The van der Waals surface area contributed by atoms with Crippen molar-refractivity contribution >= 4 is 23.4 Å². The van der Waals surface area contributed by atoms with E-state index < -0.39 is 12.6 Å². The molecule has 0 heterocycles. The van der Waals surface area contributed by atoms with E-state index in [4.69, 9.17) is 11.6 Å². The second-order valence-electron chi connectivity index (χ2n) is 2.88. The molecule has 0 aliphatic rings. The van der Waals surface area contributed by atoms with Crippen molar-refractivity contribution in [2.24, 2.45) is 0 Å². The van der Waals surface area contributed by atoms with Gasteiger partial charge in [-0.05, 0) is 18.6 Å². The van der Waals surface area contributed by atoms with E-state index in [1.165, 1.54) is 0 Å². The monoisotopic (exact) mass is 234 g/mol. The Labute approximate surface area is 86.2 Å². The zero-order chi connectivity index (χ0) is 10.3. The fraction of sp³-hybridized carbons (Fsp3) is 1.00. The average Bonchev–Trinajstić information content (AvgIpc) is 1.97. The van der Waals surface area contributed by atoms with Gasteiger partial charge in [0.2, 0.25) is 0 Å². The van der Waals surface area contributed by atoms with Crippen LogP contribution < -0.4 is 0 Å². The maximum atomic E-state index is 11.7. The van der Waals surface area contributed by atoms with Crippen molar-refractivity contribution in [2.75, 3.05) is 11.6 Å². The lowest BCUT2D eigenvalue weighted by Crippen LogP contribution is -2.08. The minimum absolute atomic E-state index is 0.209. The molecular formula is C8H14ClF3S. The van der Waals surface area contributed by atoms with Crippen molar-refractivity contribution < 1.29 is 13.2 Å². The Balaban J connectivity index is 3.25. The Morgan fingerprint density at radius 3 is 2.46 bits per heavy atom. The van der Waals surface area contributed by atoms with Gasteiger partial charge in [0.25, 0.3) is 0 Å². The van der Waals surface area contributed by atoms with Crippen molar-refractivity contribution in [1.82, 2.24) is 0 Å². The van der Waals surface area contributed by atoms with E-state index in [-0.39, 0.29) is 6.42 Å². The minimum atomic E-state index is -4.00. The third-order valence-electron chi connectivity index (χ3n) is 1.52. The van der Waals surface area contributed by atoms with Crippen LogP contribution in [0.3, 0.4) is 0 Å². The molecule has 0 fully saturated rings. The van der Waals surface area contributed by atoms with Gasteiger partial charge in [0.15, 0.2) is 0 Å². The molecule has 80 valence electrons. The summed E-state index contributed by atoms with van der Waals surface area (Å²) in [6.07, 6.45) is -3.61. The van der Waals surface area contributed by atoms with Crippen LogP contribution in [0.5, 0.6) is 0 Å². The van der Waals surface area contributed by atoms with Gasteiger partial charge < -0.3 is 0 Å². The molecule has 0 radical (unpaired) electrons. The number of rotatable bonds is 6. The summed E-state index contributed by atoms with van der Waals surface area (Å²) in [5.41, 5.74) is 0. The Morgan fingerprint density at radius 2 is 2.00 bits per heavy atom. The van der Waals surface area contributed by atoms with Crippen molar-refractivity contribution in [2.45, 2.75) is 37.6 Å². The van der Waals surface area contributed by atoms with Gasteiger partial charge in [0.05, 0.1) is 0 Å². The van der Waals surface area contributed by atoms with Gasteiger partial charge in [-0.3, -0.25) is 0 Å². The molecule has 13 heavy (non-hydrogen) atoms. The van der Waals surface area contributed by atoms with Gasteiger partial charge >= 0.3 is 6.18 Å². The van der Waals surface area contributed by atoms with Crippen LogP contribution in [-0.2, 0) is 0 Å². The summed E-state index contributed by atoms with van der Waals surface area (Å²) in [7, 11) is 0. The molecule has 0 bridgehead atoms. The molecule has 0 aliphatic heterocycles. The summed E-state index contributed by atoms with van der Waals surface area (Å²) in [4.78, 5) is 0. The topological polar surface area (TPSA) is 0 Å². The van der Waals surface area contributed by atoms with E-state index in [0.717, 1.165) is 6.42 Å². The SMILES string of the molecule is CC(CCCl)SCCCC(F)(F)F.